The topological polar surface area (TPSA) is 54.1 Å². The zero-order valence-corrected chi connectivity index (χ0v) is 35.6. The number of benzene rings is 13. The fraction of sp³-hybridized carbons (Fsp3) is 0. The van der Waals surface area contributed by atoms with E-state index in [2.05, 4.69) is 192 Å². The first-order chi connectivity index (χ1) is 32.6. The molecule has 13 rings (SSSR count). The molecule has 0 unspecified atom stereocenters. The first-order valence-electron chi connectivity index (χ1n) is 22.2. The summed E-state index contributed by atoms with van der Waals surface area (Å²) in [6.45, 7) is 0. The van der Waals surface area contributed by atoms with Gasteiger partial charge in [0.2, 0.25) is 0 Å². The highest BCUT2D eigenvalue weighted by molar-refractivity contribution is 6.25. The zero-order valence-electron chi connectivity index (χ0n) is 35.6. The van der Waals surface area contributed by atoms with E-state index in [-0.39, 0.29) is 0 Å². The molecule has 4 heteroatoms. The van der Waals surface area contributed by atoms with Gasteiger partial charge in [0.15, 0.2) is 0 Å². The minimum absolute atomic E-state index is 0.620. The van der Waals surface area contributed by atoms with Crippen molar-refractivity contribution in [2.24, 2.45) is 0 Å². The molecule has 0 saturated heterocycles. The molecular formula is C62H36N4. The Bertz CT molecular complexity index is 3990. The second kappa shape index (κ2) is 14.7. The van der Waals surface area contributed by atoms with E-state index in [1.165, 1.54) is 64.6 Å². The molecule has 4 nitrogen and oxygen atoms in total. The molecule has 0 fully saturated rings. The average Bonchev–Trinajstić information content (AvgIpc) is 3.38. The largest absolute Gasteiger partial charge is 0.310 e. The summed E-state index contributed by atoms with van der Waals surface area (Å²) >= 11 is 0. The van der Waals surface area contributed by atoms with Gasteiger partial charge in [-0.05, 0) is 172 Å². The van der Waals surface area contributed by atoms with Crippen molar-refractivity contribution in [1.82, 2.24) is 0 Å². The van der Waals surface area contributed by atoms with Gasteiger partial charge in [-0.2, -0.15) is 10.5 Å². The second-order valence-electron chi connectivity index (χ2n) is 17.2. The van der Waals surface area contributed by atoms with Gasteiger partial charge in [-0.25, -0.2) is 0 Å². The summed E-state index contributed by atoms with van der Waals surface area (Å²) in [6, 6.07) is 82.3. The van der Waals surface area contributed by atoms with E-state index in [0.717, 1.165) is 56.0 Å². The lowest BCUT2D eigenvalue weighted by molar-refractivity contribution is 1.29. The van der Waals surface area contributed by atoms with Gasteiger partial charge in [0.05, 0.1) is 29.0 Å². The molecule has 0 aliphatic rings. The monoisotopic (exact) mass is 836 g/mol. The van der Waals surface area contributed by atoms with Crippen molar-refractivity contribution in [3.8, 4) is 23.3 Å². The van der Waals surface area contributed by atoms with Crippen molar-refractivity contribution >= 4 is 110 Å². The van der Waals surface area contributed by atoms with Crippen LogP contribution in [-0.4, -0.2) is 0 Å². The van der Waals surface area contributed by atoms with Crippen LogP contribution in [0.4, 0.5) is 34.1 Å². The van der Waals surface area contributed by atoms with E-state index in [4.69, 9.17) is 0 Å². The van der Waals surface area contributed by atoms with E-state index < -0.39 is 0 Å². The summed E-state index contributed by atoms with van der Waals surface area (Å²) in [5.74, 6) is 0. The summed E-state index contributed by atoms with van der Waals surface area (Å²) in [5, 5.41) is 36.5. The Morgan fingerprint density at radius 3 is 1.12 bits per heavy atom. The first-order valence-corrected chi connectivity index (χ1v) is 22.2. The van der Waals surface area contributed by atoms with Crippen molar-refractivity contribution in [3.63, 3.8) is 0 Å². The molecule has 66 heavy (non-hydrogen) atoms. The van der Waals surface area contributed by atoms with Gasteiger partial charge >= 0.3 is 0 Å². The highest BCUT2D eigenvalue weighted by Gasteiger charge is 2.21. The summed E-state index contributed by atoms with van der Waals surface area (Å²) in [4.78, 5) is 4.61. The number of nitriles is 2. The molecule has 0 aromatic heterocycles. The van der Waals surface area contributed by atoms with Gasteiger partial charge in [-0.1, -0.05) is 127 Å². The number of anilines is 6. The maximum atomic E-state index is 9.75. The summed E-state index contributed by atoms with van der Waals surface area (Å²) in [5.41, 5.74) is 9.56. The van der Waals surface area contributed by atoms with E-state index >= 15 is 0 Å². The highest BCUT2D eigenvalue weighted by atomic mass is 15.1. The van der Waals surface area contributed by atoms with Crippen LogP contribution in [0.1, 0.15) is 11.1 Å². The van der Waals surface area contributed by atoms with Crippen LogP contribution in [0, 0.1) is 22.7 Å². The maximum Gasteiger partial charge on any atom is 0.0991 e. The highest BCUT2D eigenvalue weighted by Crippen LogP contribution is 2.46. The van der Waals surface area contributed by atoms with Crippen LogP contribution in [0.15, 0.2) is 218 Å². The number of hydrogen-bond donors (Lipinski definition) is 0. The third-order valence-corrected chi connectivity index (χ3v) is 13.5. The average molecular weight is 837 g/mol. The Labute approximate surface area is 380 Å². The lowest BCUT2D eigenvalue weighted by Crippen LogP contribution is -2.11. The molecular weight excluding hydrogens is 801 g/mol. The van der Waals surface area contributed by atoms with Crippen molar-refractivity contribution in [3.05, 3.63) is 230 Å². The fourth-order valence-electron chi connectivity index (χ4n) is 10.5. The molecule has 0 atom stereocenters. The third-order valence-electron chi connectivity index (χ3n) is 13.5. The lowest BCUT2D eigenvalue weighted by Gasteiger charge is -2.28. The normalized spacial score (nSPS) is 11.6. The fourth-order valence-corrected chi connectivity index (χ4v) is 10.5. The van der Waals surface area contributed by atoms with Crippen LogP contribution < -0.4 is 9.80 Å². The maximum absolute atomic E-state index is 9.75. The van der Waals surface area contributed by atoms with Crippen molar-refractivity contribution < 1.29 is 0 Å². The Hall–Kier alpha value is -9.22. The van der Waals surface area contributed by atoms with Crippen LogP contribution in [0.5, 0.6) is 0 Å². The summed E-state index contributed by atoms with van der Waals surface area (Å²) in [6.07, 6.45) is 0. The quantitative estimate of drug-likeness (QED) is 0.150. The van der Waals surface area contributed by atoms with Gasteiger partial charge < -0.3 is 9.80 Å². The number of rotatable bonds is 7. The van der Waals surface area contributed by atoms with Crippen molar-refractivity contribution in [2.75, 3.05) is 9.80 Å². The zero-order chi connectivity index (χ0) is 43.9. The van der Waals surface area contributed by atoms with Crippen LogP contribution in [0.2, 0.25) is 0 Å². The third kappa shape index (κ3) is 5.84. The van der Waals surface area contributed by atoms with E-state index in [1.807, 2.05) is 48.5 Å². The predicted octanol–water partition coefficient (Wildman–Crippen LogP) is 17.0. The van der Waals surface area contributed by atoms with E-state index in [0.29, 0.717) is 11.1 Å². The first kappa shape index (κ1) is 37.3. The molecule has 0 heterocycles. The van der Waals surface area contributed by atoms with Gasteiger partial charge in [0, 0.05) is 33.8 Å². The standard InChI is InChI=1S/C62H36N4/c63-37-39-11-25-50(26-12-39)65(53-33-46-19-15-42-5-3-6-43-16-20-47(34-53)61(46)59(42)43)51-29-23-41(24-30-51)55-31-32-58(57-10-2-1-9-56(55)57)66(52-27-13-40(38-64)14-28-52)54-35-48-21-17-44-7-4-8-45-18-22-49(36-54)62(48)60(44)45/h1-36H. The Morgan fingerprint density at radius 1 is 0.288 bits per heavy atom. The van der Waals surface area contributed by atoms with Crippen molar-refractivity contribution in [2.45, 2.75) is 0 Å². The molecule has 0 N–H and O–H groups in total. The second-order valence-corrected chi connectivity index (χ2v) is 17.2. The van der Waals surface area contributed by atoms with Gasteiger partial charge in [0.25, 0.3) is 0 Å². The number of nitrogens with zero attached hydrogens (tertiary/aromatic N) is 4. The van der Waals surface area contributed by atoms with Gasteiger partial charge in [-0.15, -0.1) is 0 Å². The molecule has 13 aromatic rings. The van der Waals surface area contributed by atoms with Gasteiger partial charge in [0.1, 0.15) is 0 Å². The number of fused-ring (bicyclic) bond motifs is 1. The Morgan fingerprint density at radius 2 is 0.667 bits per heavy atom. The molecule has 0 bridgehead atoms. The minimum atomic E-state index is 0.620. The van der Waals surface area contributed by atoms with Crippen molar-refractivity contribution in [1.29, 1.82) is 10.5 Å². The van der Waals surface area contributed by atoms with Crippen LogP contribution in [0.25, 0.3) is 86.5 Å². The van der Waals surface area contributed by atoms with E-state index in [1.54, 1.807) is 0 Å². The molecule has 0 amide bonds. The molecule has 0 saturated carbocycles. The van der Waals surface area contributed by atoms with Crippen LogP contribution >= 0.6 is 0 Å². The molecule has 0 radical (unpaired) electrons. The molecule has 0 spiro atoms. The smallest absolute Gasteiger partial charge is 0.0991 e. The SMILES string of the molecule is N#Cc1ccc(N(c2ccc(-c3ccc(N(c4ccc(C#N)cc4)c4cc5ccc6cccc7ccc(c4)c5c67)c4ccccc34)cc2)c2cc3ccc4cccc5ccc(c2)c3c45)cc1. The molecule has 304 valence electrons. The summed E-state index contributed by atoms with van der Waals surface area (Å²) < 4.78 is 0. The Balaban J connectivity index is 0.941. The van der Waals surface area contributed by atoms with Crippen LogP contribution in [-0.2, 0) is 0 Å². The number of hydrogen-bond acceptors (Lipinski definition) is 4. The molecule has 13 aromatic carbocycles. The molecule has 0 aliphatic carbocycles. The predicted molar refractivity (Wildman–Crippen MR) is 276 cm³/mol. The van der Waals surface area contributed by atoms with Gasteiger partial charge in [-0.3, -0.25) is 0 Å². The minimum Gasteiger partial charge on any atom is -0.310 e. The molecule has 0 aliphatic heterocycles. The van der Waals surface area contributed by atoms with Crippen LogP contribution in [0.3, 0.4) is 0 Å². The summed E-state index contributed by atoms with van der Waals surface area (Å²) in [7, 11) is 0. The lowest BCUT2D eigenvalue weighted by atomic mass is 9.93. The Kier molecular flexibility index (Phi) is 8.31. The van der Waals surface area contributed by atoms with E-state index in [9.17, 15) is 10.5 Å².